The highest BCUT2D eigenvalue weighted by Crippen LogP contribution is 2.27. The summed E-state index contributed by atoms with van der Waals surface area (Å²) in [6.07, 6.45) is 1.27. The van der Waals surface area contributed by atoms with Crippen molar-refractivity contribution in [1.29, 1.82) is 0 Å². The number of esters is 1. The molecule has 0 aromatic carbocycles. The van der Waals surface area contributed by atoms with Gasteiger partial charge in [-0.05, 0) is 24.3 Å². The molecule has 0 amide bonds. The van der Waals surface area contributed by atoms with Gasteiger partial charge in [-0.15, -0.1) is 11.3 Å². The van der Waals surface area contributed by atoms with Gasteiger partial charge in [0.1, 0.15) is 9.77 Å². The Morgan fingerprint density at radius 1 is 1.47 bits per heavy atom. The third-order valence-corrected chi connectivity index (χ3v) is 6.08. The zero-order valence-electron chi connectivity index (χ0n) is 10.5. The van der Waals surface area contributed by atoms with E-state index >= 15 is 0 Å². The maximum absolute atomic E-state index is 12.5. The number of nitrogens with two attached hydrogens (primary N) is 1. The third-order valence-electron chi connectivity index (χ3n) is 3.12. The number of rotatable bonds is 3. The second-order valence-electron chi connectivity index (χ2n) is 4.35. The van der Waals surface area contributed by atoms with E-state index in [2.05, 4.69) is 4.74 Å². The lowest BCUT2D eigenvalue weighted by atomic mass is 10.1. The summed E-state index contributed by atoms with van der Waals surface area (Å²) in [6, 6.07) is 1.50. The van der Waals surface area contributed by atoms with Gasteiger partial charge in [-0.3, -0.25) is 0 Å². The predicted molar refractivity (Wildman–Crippen MR) is 71.6 cm³/mol. The van der Waals surface area contributed by atoms with Gasteiger partial charge in [0.05, 0.1) is 7.11 Å². The fraction of sp³-hybridized carbons (Fsp3) is 0.545. The van der Waals surface area contributed by atoms with Crippen LogP contribution in [-0.2, 0) is 14.8 Å². The lowest BCUT2D eigenvalue weighted by Gasteiger charge is -2.29. The summed E-state index contributed by atoms with van der Waals surface area (Å²) >= 11 is 1.07. The Hall–Kier alpha value is -0.960. The van der Waals surface area contributed by atoms with Crippen LogP contribution in [0.5, 0.6) is 0 Å². The molecule has 2 heterocycles. The van der Waals surface area contributed by atoms with Crippen molar-refractivity contribution in [3.63, 3.8) is 0 Å². The minimum atomic E-state index is -3.64. The second-order valence-corrected chi connectivity index (χ2v) is 7.17. The molecule has 0 aliphatic carbocycles. The van der Waals surface area contributed by atoms with Gasteiger partial charge in [-0.1, -0.05) is 0 Å². The minimum Gasteiger partial charge on any atom is -0.465 e. The molecule has 6 nitrogen and oxygen atoms in total. The van der Waals surface area contributed by atoms with Crippen molar-refractivity contribution in [3.8, 4) is 0 Å². The van der Waals surface area contributed by atoms with Crippen LogP contribution in [0, 0.1) is 0 Å². The molecule has 1 aliphatic heterocycles. The Bertz CT molecular complexity index is 559. The van der Waals surface area contributed by atoms with E-state index in [9.17, 15) is 13.2 Å². The van der Waals surface area contributed by atoms with Crippen molar-refractivity contribution in [3.05, 3.63) is 16.3 Å². The normalized spacial score (nSPS) is 18.4. The number of methoxy groups -OCH3 is 1. The van der Waals surface area contributed by atoms with Gasteiger partial charge in [0.25, 0.3) is 0 Å². The van der Waals surface area contributed by atoms with Crippen LogP contribution in [-0.4, -0.2) is 44.9 Å². The molecule has 2 N–H and O–H groups in total. The van der Waals surface area contributed by atoms with Crippen molar-refractivity contribution >= 4 is 27.3 Å². The predicted octanol–water partition coefficient (Wildman–Crippen LogP) is 0.647. The van der Waals surface area contributed by atoms with Gasteiger partial charge in [0.15, 0.2) is 0 Å². The van der Waals surface area contributed by atoms with Crippen molar-refractivity contribution in [2.45, 2.75) is 23.8 Å². The molecule has 1 aliphatic rings. The van der Waals surface area contributed by atoms with E-state index in [1.54, 1.807) is 5.38 Å². The maximum Gasteiger partial charge on any atom is 0.349 e. The lowest BCUT2D eigenvalue weighted by molar-refractivity contribution is 0.0602. The van der Waals surface area contributed by atoms with Crippen LogP contribution in [0.2, 0.25) is 0 Å². The molecule has 0 spiro atoms. The van der Waals surface area contributed by atoms with Crippen LogP contribution in [0.3, 0.4) is 0 Å². The summed E-state index contributed by atoms with van der Waals surface area (Å²) in [5, 5.41) is 1.58. The molecule has 8 heteroatoms. The van der Waals surface area contributed by atoms with E-state index < -0.39 is 16.0 Å². The van der Waals surface area contributed by atoms with Crippen LogP contribution in [0.15, 0.2) is 16.3 Å². The maximum atomic E-state index is 12.5. The van der Waals surface area contributed by atoms with Crippen LogP contribution < -0.4 is 5.73 Å². The molecule has 2 rings (SSSR count). The zero-order valence-corrected chi connectivity index (χ0v) is 12.2. The largest absolute Gasteiger partial charge is 0.465 e. The van der Waals surface area contributed by atoms with Crippen molar-refractivity contribution in [2.75, 3.05) is 20.2 Å². The molecule has 1 aromatic heterocycles. The molecule has 106 valence electrons. The number of hydrogen-bond donors (Lipinski definition) is 1. The Balaban J connectivity index is 2.30. The number of hydrogen-bond acceptors (Lipinski definition) is 6. The van der Waals surface area contributed by atoms with E-state index in [0.717, 1.165) is 11.3 Å². The summed E-state index contributed by atoms with van der Waals surface area (Å²) in [6.45, 7) is 0.778. The van der Waals surface area contributed by atoms with Gasteiger partial charge >= 0.3 is 5.97 Å². The van der Waals surface area contributed by atoms with E-state index in [1.807, 2.05) is 0 Å². The molecular weight excluding hydrogens is 288 g/mol. The topological polar surface area (TPSA) is 89.7 Å². The molecule has 0 unspecified atom stereocenters. The Labute approximate surface area is 116 Å². The average molecular weight is 304 g/mol. The van der Waals surface area contributed by atoms with Crippen LogP contribution >= 0.6 is 11.3 Å². The standard InChI is InChI=1S/C11H16N2O4S2/c1-17-11(14)10-9(4-7-18-10)19(15,16)13-5-2-8(12)3-6-13/h4,7-8H,2-3,5-6,12H2,1H3. The molecule has 0 atom stereocenters. The van der Waals surface area contributed by atoms with E-state index in [-0.39, 0.29) is 15.8 Å². The number of carbonyl (C=O) groups is 1. The summed E-state index contributed by atoms with van der Waals surface area (Å²) < 4.78 is 30.9. The Morgan fingerprint density at radius 3 is 2.68 bits per heavy atom. The third kappa shape index (κ3) is 2.81. The summed E-state index contributed by atoms with van der Waals surface area (Å²) in [5.74, 6) is -0.623. The van der Waals surface area contributed by atoms with Crippen molar-refractivity contribution in [1.82, 2.24) is 4.31 Å². The minimum absolute atomic E-state index is 0.0276. The van der Waals surface area contributed by atoms with Crippen molar-refractivity contribution in [2.24, 2.45) is 5.73 Å². The van der Waals surface area contributed by atoms with Gasteiger partial charge < -0.3 is 10.5 Å². The van der Waals surface area contributed by atoms with Crippen LogP contribution in [0.4, 0.5) is 0 Å². The Morgan fingerprint density at radius 2 is 2.11 bits per heavy atom. The highest BCUT2D eigenvalue weighted by atomic mass is 32.2. The van der Waals surface area contributed by atoms with Crippen LogP contribution in [0.25, 0.3) is 0 Å². The van der Waals surface area contributed by atoms with Crippen molar-refractivity contribution < 1.29 is 17.9 Å². The molecule has 0 bridgehead atoms. The molecular formula is C11H16N2O4S2. The quantitative estimate of drug-likeness (QED) is 0.828. The average Bonchev–Trinajstić information content (AvgIpc) is 2.88. The fourth-order valence-corrected chi connectivity index (χ4v) is 4.78. The molecule has 19 heavy (non-hydrogen) atoms. The molecule has 1 aromatic rings. The second kappa shape index (κ2) is 5.58. The zero-order chi connectivity index (χ0) is 14.0. The van der Waals surface area contributed by atoms with E-state index in [0.29, 0.717) is 25.9 Å². The van der Waals surface area contributed by atoms with Gasteiger partial charge in [-0.25, -0.2) is 13.2 Å². The van der Waals surface area contributed by atoms with Gasteiger partial charge in [0.2, 0.25) is 10.0 Å². The number of nitrogens with zero attached hydrogens (tertiary/aromatic N) is 1. The number of thiophene rings is 1. The first-order valence-corrected chi connectivity index (χ1v) is 8.20. The van der Waals surface area contributed by atoms with Gasteiger partial charge in [-0.2, -0.15) is 4.31 Å². The summed E-state index contributed by atoms with van der Waals surface area (Å²) in [5.41, 5.74) is 5.77. The van der Waals surface area contributed by atoms with E-state index in [4.69, 9.17) is 5.73 Å². The van der Waals surface area contributed by atoms with Crippen LogP contribution in [0.1, 0.15) is 22.5 Å². The first kappa shape index (κ1) is 14.4. The monoisotopic (exact) mass is 304 g/mol. The smallest absolute Gasteiger partial charge is 0.349 e. The number of sulfonamides is 1. The number of ether oxygens (including phenoxy) is 1. The summed E-state index contributed by atoms with van der Waals surface area (Å²) in [7, 11) is -2.41. The molecule has 1 saturated heterocycles. The Kier molecular flexibility index (Phi) is 4.24. The molecule has 0 radical (unpaired) electrons. The highest BCUT2D eigenvalue weighted by Gasteiger charge is 2.32. The van der Waals surface area contributed by atoms with E-state index in [1.165, 1.54) is 17.5 Å². The highest BCUT2D eigenvalue weighted by molar-refractivity contribution is 7.89. The summed E-state index contributed by atoms with van der Waals surface area (Å²) in [4.78, 5) is 11.7. The SMILES string of the molecule is COC(=O)c1sccc1S(=O)(=O)N1CCC(N)CC1. The molecule has 0 saturated carbocycles. The fourth-order valence-electron chi connectivity index (χ4n) is 2.00. The first-order chi connectivity index (χ1) is 8.96. The first-order valence-electron chi connectivity index (χ1n) is 5.88. The number of piperidine rings is 1. The van der Waals surface area contributed by atoms with Gasteiger partial charge in [0, 0.05) is 19.1 Å². The number of carbonyl (C=O) groups excluding carboxylic acids is 1. The molecule has 1 fully saturated rings. The lowest BCUT2D eigenvalue weighted by Crippen LogP contribution is -2.42.